The van der Waals surface area contributed by atoms with Crippen LogP contribution in [0.2, 0.25) is 0 Å². The normalized spacial score (nSPS) is 15.7. The summed E-state index contributed by atoms with van der Waals surface area (Å²) in [6.45, 7) is 8.63. The number of aryl methyl sites for hydroxylation is 1. The van der Waals surface area contributed by atoms with Crippen molar-refractivity contribution < 1.29 is 4.79 Å². The molecule has 0 fully saturated rings. The predicted molar refractivity (Wildman–Crippen MR) is 114 cm³/mol. The number of nitrogens with zero attached hydrogens (tertiary/aromatic N) is 4. The third kappa shape index (κ3) is 4.31. The average molecular weight is 416 g/mol. The minimum absolute atomic E-state index is 0.127. The number of carbonyl (C=O) groups is 1. The van der Waals surface area contributed by atoms with Crippen molar-refractivity contribution in [2.45, 2.75) is 57.7 Å². The van der Waals surface area contributed by atoms with Crippen LogP contribution in [0.1, 0.15) is 48.5 Å². The van der Waals surface area contributed by atoms with Crippen molar-refractivity contribution in [1.82, 2.24) is 14.8 Å². The maximum absolute atomic E-state index is 12.5. The van der Waals surface area contributed by atoms with Crippen LogP contribution < -0.4 is 5.32 Å². The number of fused-ring (bicyclic) bond motifs is 1. The number of allylic oxidation sites excluding steroid dienone is 1. The van der Waals surface area contributed by atoms with Crippen LogP contribution in [0.15, 0.2) is 17.8 Å². The highest BCUT2D eigenvalue weighted by atomic mass is 32.2. The topological polar surface area (TPSA) is 83.6 Å². The number of thioether (sulfide) groups is 1. The molecule has 2 heterocycles. The van der Waals surface area contributed by atoms with Crippen LogP contribution >= 0.6 is 23.1 Å². The van der Waals surface area contributed by atoms with Crippen molar-refractivity contribution >= 4 is 34.0 Å². The SMILES string of the molecule is C=CCn1c(CC)nnc1SCC(=O)Nc1sc2c(c1C#N)CCC(CC)C2. The Morgan fingerprint density at radius 1 is 1.50 bits per heavy atom. The summed E-state index contributed by atoms with van der Waals surface area (Å²) in [5.74, 6) is 1.66. The number of thiophene rings is 1. The summed E-state index contributed by atoms with van der Waals surface area (Å²) in [6.07, 6.45) is 6.80. The Bertz CT molecular complexity index is 909. The van der Waals surface area contributed by atoms with Gasteiger partial charge in [0.05, 0.1) is 11.3 Å². The molecule has 0 saturated carbocycles. The van der Waals surface area contributed by atoms with E-state index in [0.717, 1.165) is 43.5 Å². The van der Waals surface area contributed by atoms with Gasteiger partial charge in [-0.15, -0.1) is 28.1 Å². The largest absolute Gasteiger partial charge is 0.316 e. The van der Waals surface area contributed by atoms with E-state index < -0.39 is 0 Å². The molecular formula is C20H25N5OS2. The number of rotatable bonds is 8. The van der Waals surface area contributed by atoms with E-state index >= 15 is 0 Å². The fourth-order valence-corrected chi connectivity index (χ4v) is 5.60. The first-order valence-corrected chi connectivity index (χ1v) is 11.4. The molecule has 1 aliphatic rings. The highest BCUT2D eigenvalue weighted by molar-refractivity contribution is 7.99. The van der Waals surface area contributed by atoms with Crippen LogP contribution in [0.4, 0.5) is 5.00 Å². The molecule has 0 bridgehead atoms. The summed E-state index contributed by atoms with van der Waals surface area (Å²) < 4.78 is 1.97. The summed E-state index contributed by atoms with van der Waals surface area (Å²) in [6, 6.07) is 2.30. The lowest BCUT2D eigenvalue weighted by molar-refractivity contribution is -0.113. The number of anilines is 1. The molecule has 8 heteroatoms. The molecule has 0 radical (unpaired) electrons. The molecule has 2 aromatic heterocycles. The van der Waals surface area contributed by atoms with E-state index in [1.807, 2.05) is 11.5 Å². The van der Waals surface area contributed by atoms with Gasteiger partial charge in [-0.25, -0.2) is 0 Å². The number of nitrogens with one attached hydrogen (secondary N) is 1. The predicted octanol–water partition coefficient (Wildman–Crippen LogP) is 4.21. The van der Waals surface area contributed by atoms with Crippen LogP contribution in [0.5, 0.6) is 0 Å². The van der Waals surface area contributed by atoms with E-state index in [1.165, 1.54) is 16.6 Å². The number of carbonyl (C=O) groups excluding carboxylic acids is 1. The molecule has 28 heavy (non-hydrogen) atoms. The highest BCUT2D eigenvalue weighted by Crippen LogP contribution is 2.40. The zero-order chi connectivity index (χ0) is 20.1. The fourth-order valence-electron chi connectivity index (χ4n) is 3.50. The van der Waals surface area contributed by atoms with E-state index in [0.29, 0.717) is 28.2 Å². The maximum atomic E-state index is 12.5. The number of nitriles is 1. The Balaban J connectivity index is 1.68. The van der Waals surface area contributed by atoms with Crippen molar-refractivity contribution in [1.29, 1.82) is 5.26 Å². The quantitative estimate of drug-likeness (QED) is 0.516. The molecule has 2 aromatic rings. The second-order valence-corrected chi connectivity index (χ2v) is 8.87. The molecular weight excluding hydrogens is 390 g/mol. The van der Waals surface area contributed by atoms with Gasteiger partial charge in [0, 0.05) is 17.8 Å². The second-order valence-electron chi connectivity index (χ2n) is 6.83. The van der Waals surface area contributed by atoms with Crippen molar-refractivity contribution in [3.63, 3.8) is 0 Å². The highest BCUT2D eigenvalue weighted by Gasteiger charge is 2.25. The van der Waals surface area contributed by atoms with Gasteiger partial charge >= 0.3 is 0 Å². The van der Waals surface area contributed by atoms with Crippen LogP contribution in [0.25, 0.3) is 0 Å². The van der Waals surface area contributed by atoms with Gasteiger partial charge in [-0.05, 0) is 30.7 Å². The molecule has 1 N–H and O–H groups in total. The lowest BCUT2D eigenvalue weighted by Crippen LogP contribution is -2.15. The van der Waals surface area contributed by atoms with Crippen LogP contribution in [0.3, 0.4) is 0 Å². The molecule has 0 aromatic carbocycles. The number of aromatic nitrogens is 3. The monoisotopic (exact) mass is 415 g/mol. The number of hydrogen-bond donors (Lipinski definition) is 1. The molecule has 1 aliphatic carbocycles. The minimum atomic E-state index is -0.127. The Morgan fingerprint density at radius 3 is 3.00 bits per heavy atom. The van der Waals surface area contributed by atoms with Crippen molar-refractivity contribution in [3.05, 3.63) is 34.5 Å². The zero-order valence-electron chi connectivity index (χ0n) is 16.3. The molecule has 0 saturated heterocycles. The van der Waals surface area contributed by atoms with Gasteiger partial charge in [-0.1, -0.05) is 38.1 Å². The maximum Gasteiger partial charge on any atom is 0.235 e. The second kappa shape index (κ2) is 9.39. The van der Waals surface area contributed by atoms with Gasteiger partial charge in [0.1, 0.15) is 16.9 Å². The lowest BCUT2D eigenvalue weighted by Gasteiger charge is -2.20. The van der Waals surface area contributed by atoms with E-state index in [4.69, 9.17) is 0 Å². The van der Waals surface area contributed by atoms with Gasteiger partial charge in [0.25, 0.3) is 0 Å². The minimum Gasteiger partial charge on any atom is -0.316 e. The summed E-state index contributed by atoms with van der Waals surface area (Å²) >= 11 is 2.92. The number of hydrogen-bond acceptors (Lipinski definition) is 6. The summed E-state index contributed by atoms with van der Waals surface area (Å²) in [5.41, 5.74) is 1.79. The summed E-state index contributed by atoms with van der Waals surface area (Å²) in [5, 5.41) is 22.3. The van der Waals surface area contributed by atoms with Gasteiger partial charge in [-0.3, -0.25) is 4.79 Å². The van der Waals surface area contributed by atoms with Gasteiger partial charge < -0.3 is 9.88 Å². The first kappa shape index (κ1) is 20.6. The standard InChI is InChI=1S/C20H25N5OS2/c1-4-9-25-17(6-3)23-24-20(25)27-12-18(26)22-19-15(11-21)14-8-7-13(5-2)10-16(14)28-19/h4,13H,1,5-10,12H2,2-3H3,(H,22,26). The molecule has 1 amide bonds. The smallest absolute Gasteiger partial charge is 0.235 e. The van der Waals surface area contributed by atoms with Crippen LogP contribution in [-0.4, -0.2) is 26.4 Å². The Morgan fingerprint density at radius 2 is 2.32 bits per heavy atom. The third-order valence-corrected chi connectivity index (χ3v) is 7.20. The van der Waals surface area contributed by atoms with E-state index in [2.05, 4.69) is 35.1 Å². The average Bonchev–Trinajstić information content (AvgIpc) is 3.25. The molecule has 1 atom stereocenters. The first-order valence-electron chi connectivity index (χ1n) is 9.61. The zero-order valence-corrected chi connectivity index (χ0v) is 18.0. The molecule has 0 aliphatic heterocycles. The molecule has 3 rings (SSSR count). The van der Waals surface area contributed by atoms with Crippen LogP contribution in [-0.2, 0) is 30.6 Å². The molecule has 148 valence electrons. The Labute approximate surface area is 174 Å². The van der Waals surface area contributed by atoms with Crippen molar-refractivity contribution in [2.24, 2.45) is 5.92 Å². The Kier molecular flexibility index (Phi) is 6.92. The third-order valence-electron chi connectivity index (χ3n) is 5.06. The van der Waals surface area contributed by atoms with E-state index in [9.17, 15) is 10.1 Å². The Hall–Kier alpha value is -2.11. The molecule has 0 spiro atoms. The van der Waals surface area contributed by atoms with Crippen LogP contribution in [0, 0.1) is 17.2 Å². The van der Waals surface area contributed by atoms with E-state index in [1.54, 1.807) is 17.4 Å². The van der Waals surface area contributed by atoms with Crippen molar-refractivity contribution in [3.8, 4) is 6.07 Å². The fraction of sp³-hybridized carbons (Fsp3) is 0.500. The summed E-state index contributed by atoms with van der Waals surface area (Å²) in [7, 11) is 0. The van der Waals surface area contributed by atoms with Gasteiger partial charge in [0.2, 0.25) is 5.91 Å². The first-order chi connectivity index (χ1) is 13.6. The molecule has 6 nitrogen and oxygen atoms in total. The van der Waals surface area contributed by atoms with Gasteiger partial charge in [0.15, 0.2) is 5.16 Å². The molecule has 1 unspecified atom stereocenters. The number of amides is 1. The van der Waals surface area contributed by atoms with Crippen molar-refractivity contribution in [2.75, 3.05) is 11.1 Å². The lowest BCUT2D eigenvalue weighted by atomic mass is 9.86. The summed E-state index contributed by atoms with van der Waals surface area (Å²) in [4.78, 5) is 13.8. The van der Waals surface area contributed by atoms with Gasteiger partial charge in [-0.2, -0.15) is 5.26 Å². The van der Waals surface area contributed by atoms with E-state index in [-0.39, 0.29) is 11.7 Å².